The molecule has 1 atom stereocenters. The molecule has 0 fully saturated rings. The summed E-state index contributed by atoms with van der Waals surface area (Å²) in [5, 5.41) is 12.4. The molecule has 0 radical (unpaired) electrons. The highest BCUT2D eigenvalue weighted by molar-refractivity contribution is 7.13. The van der Waals surface area contributed by atoms with Gasteiger partial charge in [0, 0.05) is 6.54 Å². The molecule has 0 bridgehead atoms. The van der Waals surface area contributed by atoms with Gasteiger partial charge in [0.1, 0.15) is 17.6 Å². The Hall–Kier alpha value is -2.65. The van der Waals surface area contributed by atoms with Crippen molar-refractivity contribution in [1.29, 1.82) is 0 Å². The summed E-state index contributed by atoms with van der Waals surface area (Å²) in [5.41, 5.74) is 0.946. The molecular weight excluding hydrogens is 377 g/mol. The number of aromatic nitrogens is 2. The normalized spacial score (nSPS) is 16.9. The molecule has 2 N–H and O–H groups in total. The van der Waals surface area contributed by atoms with Gasteiger partial charge in [-0.15, -0.1) is 11.3 Å². The zero-order chi connectivity index (χ0) is 19.0. The monoisotopic (exact) mass is 392 g/mol. The molecule has 5 nitrogen and oxygen atoms in total. The van der Waals surface area contributed by atoms with Gasteiger partial charge in [0.2, 0.25) is 0 Å². The summed E-state index contributed by atoms with van der Waals surface area (Å²) >= 11 is 1.52. The summed E-state index contributed by atoms with van der Waals surface area (Å²) in [5.74, 6) is -0.220. The minimum absolute atomic E-state index is 0.220. The standard InChI is InChI=1S/C18H15F3N4OS/c19-18(20,21)12-4-1-3-11(7-12)9-22-16-10-23-17(26)14-8-13(24-25(14)16)15-5-2-6-27-15/h1-8,16,22H,9-10H2,(H,23,26)/t16-/m0/s1. The summed E-state index contributed by atoms with van der Waals surface area (Å²) in [4.78, 5) is 13.1. The maximum absolute atomic E-state index is 12.9. The third-order valence-electron chi connectivity index (χ3n) is 4.29. The number of rotatable bonds is 4. The molecule has 0 aliphatic carbocycles. The Bertz CT molecular complexity index is 965. The van der Waals surface area contributed by atoms with Crippen molar-refractivity contribution in [3.05, 3.63) is 64.7 Å². The van der Waals surface area contributed by atoms with Crippen molar-refractivity contribution in [2.45, 2.75) is 18.9 Å². The Balaban J connectivity index is 1.55. The van der Waals surface area contributed by atoms with Gasteiger partial charge in [0.25, 0.3) is 5.91 Å². The van der Waals surface area contributed by atoms with Crippen molar-refractivity contribution in [1.82, 2.24) is 20.4 Å². The third kappa shape index (κ3) is 3.60. The van der Waals surface area contributed by atoms with E-state index in [1.165, 1.54) is 17.4 Å². The predicted octanol–water partition coefficient (Wildman–Crippen LogP) is 3.66. The van der Waals surface area contributed by atoms with E-state index in [4.69, 9.17) is 0 Å². The number of hydrogen-bond donors (Lipinski definition) is 2. The van der Waals surface area contributed by atoms with Crippen molar-refractivity contribution >= 4 is 17.2 Å². The van der Waals surface area contributed by atoms with Crippen LogP contribution in [0.4, 0.5) is 13.2 Å². The van der Waals surface area contributed by atoms with E-state index in [0.717, 1.165) is 17.0 Å². The third-order valence-corrected chi connectivity index (χ3v) is 5.18. The highest BCUT2D eigenvalue weighted by Crippen LogP contribution is 2.30. The topological polar surface area (TPSA) is 59.0 Å². The van der Waals surface area contributed by atoms with Crippen molar-refractivity contribution < 1.29 is 18.0 Å². The van der Waals surface area contributed by atoms with E-state index in [-0.39, 0.29) is 18.6 Å². The molecule has 0 spiro atoms. The number of thiophene rings is 1. The van der Waals surface area contributed by atoms with Crippen LogP contribution >= 0.6 is 11.3 Å². The lowest BCUT2D eigenvalue weighted by atomic mass is 10.1. The van der Waals surface area contributed by atoms with Crippen molar-refractivity contribution in [3.63, 3.8) is 0 Å². The highest BCUT2D eigenvalue weighted by Gasteiger charge is 2.31. The first-order valence-electron chi connectivity index (χ1n) is 8.23. The van der Waals surface area contributed by atoms with Crippen molar-refractivity contribution in [3.8, 4) is 10.6 Å². The molecule has 0 saturated carbocycles. The molecular formula is C18H15F3N4OS. The van der Waals surface area contributed by atoms with E-state index in [2.05, 4.69) is 15.7 Å². The van der Waals surface area contributed by atoms with Gasteiger partial charge in [0.05, 0.1) is 17.0 Å². The Morgan fingerprint density at radius 1 is 1.26 bits per heavy atom. The lowest BCUT2D eigenvalue weighted by molar-refractivity contribution is -0.137. The van der Waals surface area contributed by atoms with Gasteiger partial charge in [-0.3, -0.25) is 10.1 Å². The number of alkyl halides is 3. The van der Waals surface area contributed by atoms with Gasteiger partial charge in [-0.1, -0.05) is 24.3 Å². The molecule has 3 heterocycles. The second kappa shape index (κ2) is 6.82. The smallest absolute Gasteiger partial charge is 0.347 e. The molecule has 4 rings (SSSR count). The molecule has 1 amide bonds. The number of hydrogen-bond acceptors (Lipinski definition) is 4. The minimum atomic E-state index is -4.38. The zero-order valence-corrected chi connectivity index (χ0v) is 14.8. The molecule has 27 heavy (non-hydrogen) atoms. The lowest BCUT2D eigenvalue weighted by Crippen LogP contribution is -2.45. The van der Waals surface area contributed by atoms with Gasteiger partial charge in [-0.25, -0.2) is 4.68 Å². The number of amides is 1. The Morgan fingerprint density at radius 2 is 2.11 bits per heavy atom. The summed E-state index contributed by atoms with van der Waals surface area (Å²) in [6, 6.07) is 10.7. The fraction of sp³-hybridized carbons (Fsp3) is 0.222. The van der Waals surface area contributed by atoms with Crippen LogP contribution in [0.3, 0.4) is 0 Å². The number of carbonyl (C=O) groups is 1. The van der Waals surface area contributed by atoms with Crippen molar-refractivity contribution in [2.75, 3.05) is 6.54 Å². The number of carbonyl (C=O) groups excluding carboxylic acids is 1. The Morgan fingerprint density at radius 3 is 2.85 bits per heavy atom. The van der Waals surface area contributed by atoms with E-state index < -0.39 is 11.7 Å². The van der Waals surface area contributed by atoms with E-state index in [0.29, 0.717) is 23.5 Å². The SMILES string of the molecule is O=C1NC[C@@H](NCc2cccc(C(F)(F)F)c2)n2nc(-c3cccs3)cc21. The molecule has 140 valence electrons. The fourth-order valence-electron chi connectivity index (χ4n) is 2.96. The maximum atomic E-state index is 12.9. The fourth-order valence-corrected chi connectivity index (χ4v) is 3.65. The van der Waals surface area contributed by atoms with Crippen LogP contribution in [0.2, 0.25) is 0 Å². The highest BCUT2D eigenvalue weighted by atomic mass is 32.1. The summed E-state index contributed by atoms with van der Waals surface area (Å²) in [7, 11) is 0. The van der Waals surface area contributed by atoms with Crippen LogP contribution in [0, 0.1) is 0 Å². The summed E-state index contributed by atoms with van der Waals surface area (Å²) in [6.45, 7) is 0.522. The van der Waals surface area contributed by atoms with Crippen LogP contribution < -0.4 is 10.6 Å². The van der Waals surface area contributed by atoms with E-state index in [9.17, 15) is 18.0 Å². The van der Waals surface area contributed by atoms with Crippen LogP contribution in [0.25, 0.3) is 10.6 Å². The Kier molecular flexibility index (Phi) is 4.48. The summed E-state index contributed by atoms with van der Waals surface area (Å²) < 4.78 is 40.2. The van der Waals surface area contributed by atoms with Crippen LogP contribution in [-0.4, -0.2) is 22.2 Å². The zero-order valence-electron chi connectivity index (χ0n) is 14.0. The quantitative estimate of drug-likeness (QED) is 0.712. The predicted molar refractivity (Wildman–Crippen MR) is 95.2 cm³/mol. The first-order chi connectivity index (χ1) is 12.9. The number of halogens is 3. The molecule has 0 unspecified atom stereocenters. The molecule has 1 aliphatic rings. The molecule has 9 heteroatoms. The van der Waals surface area contributed by atoms with Gasteiger partial charge < -0.3 is 5.32 Å². The molecule has 2 aromatic heterocycles. The number of nitrogens with one attached hydrogen (secondary N) is 2. The summed E-state index contributed by atoms with van der Waals surface area (Å²) in [6.07, 6.45) is -4.72. The second-order valence-corrected chi connectivity index (χ2v) is 7.09. The number of fused-ring (bicyclic) bond motifs is 1. The van der Waals surface area contributed by atoms with Gasteiger partial charge in [-0.2, -0.15) is 18.3 Å². The van der Waals surface area contributed by atoms with E-state index >= 15 is 0 Å². The van der Waals surface area contributed by atoms with E-state index in [1.807, 2.05) is 17.5 Å². The molecule has 3 aromatic rings. The number of benzene rings is 1. The first-order valence-corrected chi connectivity index (χ1v) is 9.11. The first kappa shape index (κ1) is 17.7. The minimum Gasteiger partial charge on any atom is -0.347 e. The van der Waals surface area contributed by atoms with Crippen LogP contribution in [0.1, 0.15) is 27.8 Å². The lowest BCUT2D eigenvalue weighted by Gasteiger charge is -2.26. The maximum Gasteiger partial charge on any atom is 0.416 e. The van der Waals surface area contributed by atoms with Crippen molar-refractivity contribution in [2.24, 2.45) is 0 Å². The largest absolute Gasteiger partial charge is 0.416 e. The van der Waals surface area contributed by atoms with Crippen LogP contribution in [0.5, 0.6) is 0 Å². The number of nitrogens with zero attached hydrogens (tertiary/aromatic N) is 2. The molecule has 1 aromatic carbocycles. The average Bonchev–Trinajstić information content (AvgIpc) is 3.31. The molecule has 0 saturated heterocycles. The van der Waals surface area contributed by atoms with Gasteiger partial charge >= 0.3 is 6.18 Å². The van der Waals surface area contributed by atoms with Gasteiger partial charge in [0.15, 0.2) is 0 Å². The molecule has 1 aliphatic heterocycles. The van der Waals surface area contributed by atoms with E-state index in [1.54, 1.807) is 16.8 Å². The average molecular weight is 392 g/mol. The Labute approximate surface area is 156 Å². The van der Waals surface area contributed by atoms with Crippen LogP contribution in [-0.2, 0) is 12.7 Å². The second-order valence-electron chi connectivity index (χ2n) is 6.14. The van der Waals surface area contributed by atoms with Crippen LogP contribution in [0.15, 0.2) is 47.8 Å². The van der Waals surface area contributed by atoms with Gasteiger partial charge in [-0.05, 0) is 29.1 Å².